The number of nitrogens with zero attached hydrogens (tertiary/aromatic N) is 4. The largest absolute Gasteiger partial charge is 0.357 e. The Bertz CT molecular complexity index is 640. The van der Waals surface area contributed by atoms with Crippen molar-refractivity contribution in [2.75, 3.05) is 23.3 Å². The molecule has 1 fully saturated rings. The number of carbonyl (C=O) groups is 1. The lowest BCUT2D eigenvalue weighted by Crippen LogP contribution is -2.19. The molecule has 7 heteroatoms. The number of pyridine rings is 1. The molecular weight excluding hydrogens is 290 g/mol. The van der Waals surface area contributed by atoms with Gasteiger partial charge < -0.3 is 10.2 Å². The van der Waals surface area contributed by atoms with E-state index in [0.29, 0.717) is 5.69 Å². The fourth-order valence-corrected chi connectivity index (χ4v) is 2.39. The number of aromatic nitrogens is 3. The molecule has 3 heterocycles. The third-order valence-corrected chi connectivity index (χ3v) is 3.46. The van der Waals surface area contributed by atoms with E-state index in [1.54, 1.807) is 6.20 Å². The standard InChI is InChI=1S/C14H14ClN5O/c15-12-9-16-8-11(19-12)14(21)18-10-3-4-13(17-7-10)20-5-1-2-6-20/h3-4,7-9H,1-2,5-6H2,(H,18,21). The van der Waals surface area contributed by atoms with E-state index in [0.717, 1.165) is 18.9 Å². The molecule has 0 aliphatic carbocycles. The minimum Gasteiger partial charge on any atom is -0.357 e. The van der Waals surface area contributed by atoms with Gasteiger partial charge in [-0.25, -0.2) is 9.97 Å². The van der Waals surface area contributed by atoms with Crippen LogP contribution in [-0.2, 0) is 0 Å². The number of carbonyl (C=O) groups excluding carboxylic acids is 1. The van der Waals surface area contributed by atoms with Crippen molar-refractivity contribution in [2.45, 2.75) is 12.8 Å². The van der Waals surface area contributed by atoms with Crippen LogP contribution in [0.15, 0.2) is 30.7 Å². The van der Waals surface area contributed by atoms with E-state index in [2.05, 4.69) is 25.2 Å². The van der Waals surface area contributed by atoms with Gasteiger partial charge in [-0.2, -0.15) is 0 Å². The van der Waals surface area contributed by atoms with E-state index in [1.165, 1.54) is 25.2 Å². The summed E-state index contributed by atoms with van der Waals surface area (Å²) < 4.78 is 0. The Morgan fingerprint density at radius 2 is 2.00 bits per heavy atom. The maximum Gasteiger partial charge on any atom is 0.275 e. The summed E-state index contributed by atoms with van der Waals surface area (Å²) in [5.41, 5.74) is 0.788. The molecule has 21 heavy (non-hydrogen) atoms. The summed E-state index contributed by atoms with van der Waals surface area (Å²) in [7, 11) is 0. The summed E-state index contributed by atoms with van der Waals surface area (Å²) in [6.07, 6.45) is 6.79. The van der Waals surface area contributed by atoms with Crippen LogP contribution in [0.4, 0.5) is 11.5 Å². The summed E-state index contributed by atoms with van der Waals surface area (Å²) in [4.78, 5) is 26.3. The smallest absolute Gasteiger partial charge is 0.275 e. The molecule has 6 nitrogen and oxygen atoms in total. The summed E-state index contributed by atoms with van der Waals surface area (Å²) in [5.74, 6) is 0.578. The van der Waals surface area contributed by atoms with E-state index >= 15 is 0 Å². The molecule has 0 bridgehead atoms. The van der Waals surface area contributed by atoms with Gasteiger partial charge >= 0.3 is 0 Å². The Balaban J connectivity index is 1.68. The third-order valence-electron chi connectivity index (χ3n) is 3.27. The van der Waals surface area contributed by atoms with Crippen LogP contribution in [0.2, 0.25) is 5.15 Å². The monoisotopic (exact) mass is 303 g/mol. The van der Waals surface area contributed by atoms with Gasteiger partial charge in [-0.3, -0.25) is 9.78 Å². The van der Waals surface area contributed by atoms with Crippen LogP contribution in [0, 0.1) is 0 Å². The first-order valence-electron chi connectivity index (χ1n) is 6.72. The molecule has 3 rings (SSSR count). The zero-order valence-electron chi connectivity index (χ0n) is 11.3. The lowest BCUT2D eigenvalue weighted by molar-refractivity contribution is 0.102. The van der Waals surface area contributed by atoms with Crippen molar-refractivity contribution in [3.8, 4) is 0 Å². The summed E-state index contributed by atoms with van der Waals surface area (Å²) in [5, 5.41) is 2.91. The van der Waals surface area contributed by atoms with E-state index in [9.17, 15) is 4.79 Å². The van der Waals surface area contributed by atoms with Crippen LogP contribution >= 0.6 is 11.6 Å². The van der Waals surface area contributed by atoms with Crippen molar-refractivity contribution < 1.29 is 4.79 Å². The molecule has 2 aromatic heterocycles. The first-order valence-corrected chi connectivity index (χ1v) is 7.10. The number of amides is 1. The van der Waals surface area contributed by atoms with Crippen molar-refractivity contribution in [2.24, 2.45) is 0 Å². The molecule has 1 N–H and O–H groups in total. The summed E-state index contributed by atoms with van der Waals surface area (Å²) >= 11 is 5.71. The van der Waals surface area contributed by atoms with Crippen molar-refractivity contribution in [1.29, 1.82) is 0 Å². The first-order chi connectivity index (χ1) is 10.2. The molecule has 2 aromatic rings. The Kier molecular flexibility index (Phi) is 3.96. The minimum absolute atomic E-state index is 0.172. The van der Waals surface area contributed by atoms with E-state index < -0.39 is 0 Å². The van der Waals surface area contributed by atoms with Gasteiger partial charge in [-0.1, -0.05) is 11.6 Å². The summed E-state index contributed by atoms with van der Waals surface area (Å²) in [6.45, 7) is 2.08. The minimum atomic E-state index is -0.360. The average molecular weight is 304 g/mol. The Labute approximate surface area is 127 Å². The molecule has 1 amide bonds. The van der Waals surface area contributed by atoms with Crippen molar-refractivity contribution >= 4 is 29.0 Å². The van der Waals surface area contributed by atoms with E-state index in [4.69, 9.17) is 11.6 Å². The van der Waals surface area contributed by atoms with Crippen LogP contribution in [0.1, 0.15) is 23.3 Å². The number of anilines is 2. The number of halogens is 1. The Hall–Kier alpha value is -2.21. The second-order valence-corrected chi connectivity index (χ2v) is 5.17. The normalized spacial score (nSPS) is 14.2. The Morgan fingerprint density at radius 1 is 1.19 bits per heavy atom. The fraction of sp³-hybridized carbons (Fsp3) is 0.286. The Morgan fingerprint density at radius 3 is 2.67 bits per heavy atom. The van der Waals surface area contributed by atoms with Gasteiger partial charge in [0, 0.05) is 13.1 Å². The van der Waals surface area contributed by atoms with Crippen molar-refractivity contribution in [3.05, 3.63) is 41.6 Å². The van der Waals surface area contributed by atoms with Gasteiger partial charge in [0.25, 0.3) is 5.91 Å². The maximum absolute atomic E-state index is 12.0. The predicted molar refractivity (Wildman–Crippen MR) is 80.7 cm³/mol. The van der Waals surface area contributed by atoms with Crippen LogP contribution in [0.25, 0.3) is 0 Å². The molecule has 1 aliphatic rings. The molecule has 0 aromatic carbocycles. The lowest BCUT2D eigenvalue weighted by atomic mass is 10.3. The van der Waals surface area contributed by atoms with Gasteiger partial charge in [0.2, 0.25) is 0 Å². The van der Waals surface area contributed by atoms with Gasteiger partial charge in [0.1, 0.15) is 16.7 Å². The quantitative estimate of drug-likeness (QED) is 0.942. The van der Waals surface area contributed by atoms with Crippen LogP contribution < -0.4 is 10.2 Å². The lowest BCUT2D eigenvalue weighted by Gasteiger charge is -2.16. The number of nitrogens with one attached hydrogen (secondary N) is 1. The highest BCUT2D eigenvalue weighted by molar-refractivity contribution is 6.29. The molecule has 0 unspecified atom stereocenters. The van der Waals surface area contributed by atoms with Gasteiger partial charge in [0.05, 0.1) is 24.3 Å². The SMILES string of the molecule is O=C(Nc1ccc(N2CCCC2)nc1)c1cncc(Cl)n1. The third kappa shape index (κ3) is 3.28. The highest BCUT2D eigenvalue weighted by atomic mass is 35.5. The van der Waals surface area contributed by atoms with Gasteiger partial charge in [0.15, 0.2) is 0 Å². The molecule has 0 atom stereocenters. The number of rotatable bonds is 3. The van der Waals surface area contributed by atoms with Crippen molar-refractivity contribution in [3.63, 3.8) is 0 Å². The van der Waals surface area contributed by atoms with Crippen molar-refractivity contribution in [1.82, 2.24) is 15.0 Å². The second kappa shape index (κ2) is 6.05. The second-order valence-electron chi connectivity index (χ2n) is 4.78. The van der Waals surface area contributed by atoms with Crippen LogP contribution in [0.3, 0.4) is 0 Å². The zero-order valence-corrected chi connectivity index (χ0v) is 12.0. The van der Waals surface area contributed by atoms with Crippen LogP contribution in [0.5, 0.6) is 0 Å². The number of hydrogen-bond acceptors (Lipinski definition) is 5. The number of hydrogen-bond donors (Lipinski definition) is 1. The van der Waals surface area contributed by atoms with Gasteiger partial charge in [-0.15, -0.1) is 0 Å². The highest BCUT2D eigenvalue weighted by Crippen LogP contribution is 2.19. The van der Waals surface area contributed by atoms with E-state index in [-0.39, 0.29) is 16.8 Å². The highest BCUT2D eigenvalue weighted by Gasteiger charge is 2.14. The molecule has 0 saturated carbocycles. The fourth-order valence-electron chi connectivity index (χ4n) is 2.24. The van der Waals surface area contributed by atoms with Gasteiger partial charge in [-0.05, 0) is 25.0 Å². The molecule has 1 aliphatic heterocycles. The van der Waals surface area contributed by atoms with E-state index in [1.807, 2.05) is 12.1 Å². The first kappa shape index (κ1) is 13.8. The molecular formula is C14H14ClN5O. The molecule has 0 radical (unpaired) electrons. The molecule has 108 valence electrons. The average Bonchev–Trinajstić information content (AvgIpc) is 3.02. The zero-order chi connectivity index (χ0) is 14.7. The van der Waals surface area contributed by atoms with Crippen LogP contribution in [-0.4, -0.2) is 33.9 Å². The maximum atomic E-state index is 12.0. The molecule has 1 saturated heterocycles. The topological polar surface area (TPSA) is 71.0 Å². The molecule has 0 spiro atoms. The summed E-state index contributed by atoms with van der Waals surface area (Å²) in [6, 6.07) is 3.74. The predicted octanol–water partition coefficient (Wildman–Crippen LogP) is 2.38.